The summed E-state index contributed by atoms with van der Waals surface area (Å²) < 4.78 is 41.7. The lowest BCUT2D eigenvalue weighted by atomic mass is 10.1. The van der Waals surface area contributed by atoms with Crippen LogP contribution in [-0.2, 0) is 6.18 Å². The Bertz CT molecular complexity index is 1090. The number of halogens is 4. The summed E-state index contributed by atoms with van der Waals surface area (Å²) >= 11 is 6.06. The standard InChI is InChI=1S/C17H10ClF3N6/c18-13-7-11(17(19,20)21)8-23-16(13)27-15(24-9-25-27)12-3-1-2-4-14(12)26-6-5-22-10-26/h1-10H. The number of hydrogen-bond donors (Lipinski definition) is 0. The molecule has 3 heterocycles. The van der Waals surface area contributed by atoms with Gasteiger partial charge in [-0.2, -0.15) is 23.0 Å². The Labute approximate surface area is 155 Å². The van der Waals surface area contributed by atoms with Crippen molar-refractivity contribution in [2.24, 2.45) is 0 Å². The van der Waals surface area contributed by atoms with Gasteiger partial charge in [0.25, 0.3) is 0 Å². The number of rotatable bonds is 3. The van der Waals surface area contributed by atoms with Crippen molar-refractivity contribution in [1.82, 2.24) is 29.3 Å². The molecular formula is C17H10ClF3N6. The zero-order valence-corrected chi connectivity index (χ0v) is 14.2. The molecule has 0 saturated heterocycles. The predicted octanol–water partition coefficient (Wildman–Crippen LogP) is 4.19. The summed E-state index contributed by atoms with van der Waals surface area (Å²) in [6, 6.07) is 8.15. The third-order valence-electron chi connectivity index (χ3n) is 3.82. The monoisotopic (exact) mass is 390 g/mol. The van der Waals surface area contributed by atoms with Gasteiger partial charge in [0.2, 0.25) is 0 Å². The first kappa shape index (κ1) is 17.2. The highest BCUT2D eigenvalue weighted by Gasteiger charge is 2.32. The molecule has 3 aromatic heterocycles. The predicted molar refractivity (Wildman–Crippen MR) is 91.7 cm³/mol. The van der Waals surface area contributed by atoms with E-state index in [9.17, 15) is 13.2 Å². The van der Waals surface area contributed by atoms with Crippen LogP contribution in [0.2, 0.25) is 5.02 Å². The van der Waals surface area contributed by atoms with E-state index < -0.39 is 11.7 Å². The average Bonchev–Trinajstić information content (AvgIpc) is 3.33. The fraction of sp³-hybridized carbons (Fsp3) is 0.0588. The number of nitrogens with zero attached hydrogens (tertiary/aromatic N) is 6. The molecule has 10 heteroatoms. The van der Waals surface area contributed by atoms with Crippen molar-refractivity contribution in [3.05, 3.63) is 72.2 Å². The molecular weight excluding hydrogens is 381 g/mol. The average molecular weight is 391 g/mol. The van der Waals surface area contributed by atoms with Crippen LogP contribution in [-0.4, -0.2) is 29.3 Å². The molecule has 0 saturated carbocycles. The first-order chi connectivity index (χ1) is 12.9. The minimum atomic E-state index is -4.53. The quantitative estimate of drug-likeness (QED) is 0.526. The summed E-state index contributed by atoms with van der Waals surface area (Å²) in [5.41, 5.74) is 0.523. The summed E-state index contributed by atoms with van der Waals surface area (Å²) in [4.78, 5) is 12.1. The van der Waals surface area contributed by atoms with E-state index >= 15 is 0 Å². The lowest BCUT2D eigenvalue weighted by molar-refractivity contribution is -0.137. The molecule has 4 aromatic rings. The normalized spacial score (nSPS) is 11.7. The van der Waals surface area contributed by atoms with E-state index in [1.165, 1.54) is 11.0 Å². The second kappa shape index (κ2) is 6.51. The van der Waals surface area contributed by atoms with Crippen LogP contribution in [0.3, 0.4) is 0 Å². The van der Waals surface area contributed by atoms with Gasteiger partial charge in [-0.25, -0.2) is 15.0 Å². The number of alkyl halides is 3. The number of imidazole rings is 1. The van der Waals surface area contributed by atoms with Gasteiger partial charge in [-0.1, -0.05) is 23.7 Å². The van der Waals surface area contributed by atoms with Crippen molar-refractivity contribution >= 4 is 11.6 Å². The maximum Gasteiger partial charge on any atom is 0.417 e. The number of benzene rings is 1. The van der Waals surface area contributed by atoms with Crippen LogP contribution < -0.4 is 0 Å². The Hall–Kier alpha value is -3.20. The summed E-state index contributed by atoms with van der Waals surface area (Å²) in [7, 11) is 0. The van der Waals surface area contributed by atoms with Crippen molar-refractivity contribution < 1.29 is 13.2 Å². The Morgan fingerprint density at radius 2 is 1.89 bits per heavy atom. The minimum Gasteiger partial charge on any atom is -0.306 e. The fourth-order valence-corrected chi connectivity index (χ4v) is 2.86. The van der Waals surface area contributed by atoms with Crippen LogP contribution >= 0.6 is 11.6 Å². The lowest BCUT2D eigenvalue weighted by Crippen LogP contribution is -2.09. The lowest BCUT2D eigenvalue weighted by Gasteiger charge is -2.12. The fourth-order valence-electron chi connectivity index (χ4n) is 2.61. The molecule has 0 unspecified atom stereocenters. The van der Waals surface area contributed by atoms with Crippen LogP contribution in [0.15, 0.2) is 61.6 Å². The van der Waals surface area contributed by atoms with Crippen LogP contribution in [0.4, 0.5) is 13.2 Å². The van der Waals surface area contributed by atoms with Gasteiger partial charge in [-0.15, -0.1) is 0 Å². The second-order valence-corrected chi connectivity index (χ2v) is 5.92. The van der Waals surface area contributed by atoms with Gasteiger partial charge in [0.15, 0.2) is 11.6 Å². The number of para-hydroxylation sites is 1. The third-order valence-corrected chi connectivity index (χ3v) is 4.10. The van der Waals surface area contributed by atoms with E-state index in [1.54, 1.807) is 23.3 Å². The molecule has 0 aliphatic heterocycles. The maximum absolute atomic E-state index is 12.9. The largest absolute Gasteiger partial charge is 0.417 e. The minimum absolute atomic E-state index is 0.0533. The molecule has 0 atom stereocenters. The Kier molecular flexibility index (Phi) is 4.15. The first-order valence-corrected chi connectivity index (χ1v) is 8.04. The molecule has 0 amide bonds. The van der Waals surface area contributed by atoms with Crippen LogP contribution in [0.1, 0.15) is 5.56 Å². The van der Waals surface area contributed by atoms with E-state index in [-0.39, 0.29) is 10.8 Å². The van der Waals surface area contributed by atoms with Crippen LogP contribution in [0.25, 0.3) is 22.9 Å². The number of pyridine rings is 1. The Morgan fingerprint density at radius 1 is 1.07 bits per heavy atom. The first-order valence-electron chi connectivity index (χ1n) is 7.66. The van der Waals surface area contributed by atoms with E-state index in [1.807, 2.05) is 24.3 Å². The van der Waals surface area contributed by atoms with Crippen LogP contribution in [0.5, 0.6) is 0 Å². The van der Waals surface area contributed by atoms with Gasteiger partial charge >= 0.3 is 6.18 Å². The zero-order valence-electron chi connectivity index (χ0n) is 13.5. The molecule has 0 aliphatic rings. The van der Waals surface area contributed by atoms with Crippen molar-refractivity contribution in [3.8, 4) is 22.9 Å². The van der Waals surface area contributed by atoms with Crippen molar-refractivity contribution in [2.45, 2.75) is 6.18 Å². The van der Waals surface area contributed by atoms with E-state index in [0.717, 1.165) is 11.8 Å². The van der Waals surface area contributed by atoms with Gasteiger partial charge in [0, 0.05) is 24.2 Å². The summed E-state index contributed by atoms with van der Waals surface area (Å²) in [5, 5.41) is 3.91. The van der Waals surface area contributed by atoms with E-state index in [0.29, 0.717) is 17.6 Å². The van der Waals surface area contributed by atoms with Crippen molar-refractivity contribution in [3.63, 3.8) is 0 Å². The molecule has 4 rings (SSSR count). The summed E-state index contributed by atoms with van der Waals surface area (Å²) in [6.07, 6.45) is 2.50. The maximum atomic E-state index is 12.9. The van der Waals surface area contributed by atoms with E-state index in [4.69, 9.17) is 11.6 Å². The molecule has 1 aromatic carbocycles. The Morgan fingerprint density at radius 3 is 2.59 bits per heavy atom. The highest BCUT2D eigenvalue weighted by atomic mass is 35.5. The summed E-state index contributed by atoms with van der Waals surface area (Å²) in [5.74, 6) is 0.436. The van der Waals surface area contributed by atoms with Gasteiger partial charge in [0.1, 0.15) is 6.33 Å². The molecule has 27 heavy (non-hydrogen) atoms. The highest BCUT2D eigenvalue weighted by Crippen LogP contribution is 2.33. The van der Waals surface area contributed by atoms with E-state index in [2.05, 4.69) is 20.1 Å². The third kappa shape index (κ3) is 3.17. The zero-order chi connectivity index (χ0) is 19.0. The van der Waals surface area contributed by atoms with Gasteiger partial charge < -0.3 is 4.57 Å². The van der Waals surface area contributed by atoms with Crippen LogP contribution in [0, 0.1) is 0 Å². The van der Waals surface area contributed by atoms with Crippen molar-refractivity contribution in [1.29, 1.82) is 0 Å². The molecule has 0 bridgehead atoms. The number of aromatic nitrogens is 6. The molecule has 136 valence electrons. The van der Waals surface area contributed by atoms with Crippen molar-refractivity contribution in [2.75, 3.05) is 0 Å². The molecule has 0 spiro atoms. The van der Waals surface area contributed by atoms with Gasteiger partial charge in [-0.05, 0) is 18.2 Å². The molecule has 0 aliphatic carbocycles. The SMILES string of the molecule is FC(F)(F)c1cnc(-n2ncnc2-c2ccccc2-n2ccnc2)c(Cl)c1. The Balaban J connectivity index is 1.85. The highest BCUT2D eigenvalue weighted by molar-refractivity contribution is 6.32. The molecule has 0 radical (unpaired) electrons. The molecule has 0 N–H and O–H groups in total. The second-order valence-electron chi connectivity index (χ2n) is 5.51. The van der Waals surface area contributed by atoms with Gasteiger partial charge in [0.05, 0.1) is 22.6 Å². The topological polar surface area (TPSA) is 61.4 Å². The smallest absolute Gasteiger partial charge is 0.306 e. The molecule has 0 fully saturated rings. The number of hydrogen-bond acceptors (Lipinski definition) is 4. The van der Waals surface area contributed by atoms with Gasteiger partial charge in [-0.3, -0.25) is 0 Å². The molecule has 6 nitrogen and oxygen atoms in total. The summed E-state index contributed by atoms with van der Waals surface area (Å²) in [6.45, 7) is 0.